The molecule has 2 aromatic rings. The van der Waals surface area contributed by atoms with Crippen LogP contribution in [0.3, 0.4) is 0 Å². The normalized spacial score (nSPS) is 15.9. The lowest BCUT2D eigenvalue weighted by atomic mass is 10.1. The van der Waals surface area contributed by atoms with Gasteiger partial charge < -0.3 is 19.7 Å². The number of ketones is 1. The van der Waals surface area contributed by atoms with Crippen LogP contribution in [0, 0.1) is 0 Å². The summed E-state index contributed by atoms with van der Waals surface area (Å²) in [5.74, 6) is 0.120. The van der Waals surface area contributed by atoms with Crippen LogP contribution in [0.15, 0.2) is 29.8 Å². The predicted molar refractivity (Wildman–Crippen MR) is 104 cm³/mol. The Morgan fingerprint density at radius 2 is 2.14 bits per heavy atom. The SMILES string of the molecule is COc1cc(C(C)=O)ccc1OCC(=O)N1CCCC1C(=O)Nc1nccs1. The average molecular weight is 403 g/mol. The Hall–Kier alpha value is -2.94. The Morgan fingerprint density at radius 1 is 1.32 bits per heavy atom. The third-order valence-electron chi connectivity index (χ3n) is 4.46. The molecule has 1 unspecified atom stereocenters. The van der Waals surface area contributed by atoms with Crippen LogP contribution in [0.1, 0.15) is 30.1 Å². The number of carbonyl (C=O) groups is 3. The minimum absolute atomic E-state index is 0.0907. The number of Topliss-reactive ketones (excluding diaryl/α,β-unsaturated/α-hetero) is 1. The van der Waals surface area contributed by atoms with Crippen LogP contribution in [-0.4, -0.2) is 53.8 Å². The maximum Gasteiger partial charge on any atom is 0.261 e. The molecule has 1 aliphatic heterocycles. The number of aromatic nitrogens is 1. The smallest absolute Gasteiger partial charge is 0.261 e. The molecule has 1 aliphatic rings. The summed E-state index contributed by atoms with van der Waals surface area (Å²) in [6.45, 7) is 1.73. The van der Waals surface area contributed by atoms with Gasteiger partial charge >= 0.3 is 0 Å². The van der Waals surface area contributed by atoms with Gasteiger partial charge in [0.1, 0.15) is 6.04 Å². The summed E-state index contributed by atoms with van der Waals surface area (Å²) in [5, 5.41) is 5.02. The number of thiazole rings is 1. The molecule has 0 spiro atoms. The lowest BCUT2D eigenvalue weighted by molar-refractivity contribution is -0.138. The van der Waals surface area contributed by atoms with E-state index in [4.69, 9.17) is 9.47 Å². The molecule has 1 fully saturated rings. The van der Waals surface area contributed by atoms with Crippen molar-refractivity contribution in [3.05, 3.63) is 35.3 Å². The first-order valence-corrected chi connectivity index (χ1v) is 9.69. The van der Waals surface area contributed by atoms with Crippen molar-refractivity contribution >= 4 is 34.1 Å². The van der Waals surface area contributed by atoms with Gasteiger partial charge in [-0.2, -0.15) is 0 Å². The number of ether oxygens (including phenoxy) is 2. The van der Waals surface area contributed by atoms with Gasteiger partial charge in [0.25, 0.3) is 5.91 Å². The highest BCUT2D eigenvalue weighted by Gasteiger charge is 2.34. The van der Waals surface area contributed by atoms with Crippen LogP contribution in [-0.2, 0) is 9.59 Å². The number of anilines is 1. The molecule has 0 saturated carbocycles. The number of hydrogen-bond donors (Lipinski definition) is 1. The highest BCUT2D eigenvalue weighted by molar-refractivity contribution is 7.13. The molecular formula is C19H21N3O5S. The van der Waals surface area contributed by atoms with Crippen molar-refractivity contribution in [2.75, 3.05) is 25.6 Å². The summed E-state index contributed by atoms with van der Waals surface area (Å²) >= 11 is 1.33. The van der Waals surface area contributed by atoms with E-state index in [1.165, 1.54) is 30.3 Å². The molecule has 8 nitrogen and oxygen atoms in total. The predicted octanol–water partition coefficient (Wildman–Crippen LogP) is 2.36. The van der Waals surface area contributed by atoms with E-state index in [2.05, 4.69) is 10.3 Å². The summed E-state index contributed by atoms with van der Waals surface area (Å²) in [6.07, 6.45) is 2.95. The van der Waals surface area contributed by atoms with Gasteiger partial charge in [0.15, 0.2) is 29.0 Å². The van der Waals surface area contributed by atoms with Crippen molar-refractivity contribution in [1.29, 1.82) is 0 Å². The van der Waals surface area contributed by atoms with Gasteiger partial charge in [-0.1, -0.05) is 0 Å². The van der Waals surface area contributed by atoms with E-state index in [1.807, 2.05) is 0 Å². The minimum atomic E-state index is -0.540. The molecule has 1 saturated heterocycles. The van der Waals surface area contributed by atoms with E-state index in [9.17, 15) is 14.4 Å². The first-order valence-electron chi connectivity index (χ1n) is 8.81. The number of likely N-dealkylation sites (tertiary alicyclic amines) is 1. The summed E-state index contributed by atoms with van der Waals surface area (Å²) in [6, 6.07) is 4.24. The van der Waals surface area contributed by atoms with E-state index < -0.39 is 6.04 Å². The number of methoxy groups -OCH3 is 1. The second-order valence-corrected chi connectivity index (χ2v) is 7.18. The Bertz CT molecular complexity index is 868. The van der Waals surface area contributed by atoms with E-state index in [0.717, 1.165) is 6.42 Å². The Labute approximate surface area is 166 Å². The van der Waals surface area contributed by atoms with Crippen molar-refractivity contribution in [1.82, 2.24) is 9.88 Å². The van der Waals surface area contributed by atoms with Gasteiger partial charge in [-0.3, -0.25) is 14.4 Å². The van der Waals surface area contributed by atoms with Crippen LogP contribution in [0.2, 0.25) is 0 Å². The fourth-order valence-corrected chi connectivity index (χ4v) is 3.57. The topological polar surface area (TPSA) is 97.8 Å². The van der Waals surface area contributed by atoms with Crippen molar-refractivity contribution < 1.29 is 23.9 Å². The third kappa shape index (κ3) is 4.48. The largest absolute Gasteiger partial charge is 0.493 e. The van der Waals surface area contributed by atoms with E-state index in [0.29, 0.717) is 35.2 Å². The van der Waals surface area contributed by atoms with Crippen molar-refractivity contribution in [2.45, 2.75) is 25.8 Å². The standard InChI is InChI=1S/C19H21N3O5S/c1-12(23)13-5-6-15(16(10-13)26-2)27-11-17(24)22-8-3-4-14(22)18(25)21-19-20-7-9-28-19/h5-7,9-10,14H,3-4,8,11H2,1-2H3,(H,20,21,25). The molecule has 2 amide bonds. The van der Waals surface area contributed by atoms with Gasteiger partial charge in [-0.15, -0.1) is 11.3 Å². The summed E-state index contributed by atoms with van der Waals surface area (Å²) in [4.78, 5) is 42.1. The second kappa shape index (κ2) is 8.83. The molecular weight excluding hydrogens is 382 g/mol. The quantitative estimate of drug-likeness (QED) is 0.713. The van der Waals surface area contributed by atoms with Crippen molar-refractivity contribution in [2.24, 2.45) is 0 Å². The lowest BCUT2D eigenvalue weighted by Gasteiger charge is -2.23. The zero-order valence-corrected chi connectivity index (χ0v) is 16.5. The van der Waals surface area contributed by atoms with Gasteiger partial charge in [0.05, 0.1) is 7.11 Å². The van der Waals surface area contributed by atoms with Crippen LogP contribution in [0.25, 0.3) is 0 Å². The highest BCUT2D eigenvalue weighted by Crippen LogP contribution is 2.28. The molecule has 0 bridgehead atoms. The summed E-state index contributed by atoms with van der Waals surface area (Å²) < 4.78 is 10.8. The monoisotopic (exact) mass is 403 g/mol. The molecule has 0 aliphatic carbocycles. The Kier molecular flexibility index (Phi) is 6.25. The molecule has 1 aromatic carbocycles. The molecule has 1 N–H and O–H groups in total. The number of nitrogens with one attached hydrogen (secondary N) is 1. The number of carbonyl (C=O) groups excluding carboxylic acids is 3. The van der Waals surface area contributed by atoms with Gasteiger partial charge in [-0.05, 0) is 38.0 Å². The molecule has 28 heavy (non-hydrogen) atoms. The van der Waals surface area contributed by atoms with Crippen molar-refractivity contribution in [3.63, 3.8) is 0 Å². The lowest BCUT2D eigenvalue weighted by Crippen LogP contribution is -2.45. The van der Waals surface area contributed by atoms with Crippen LogP contribution < -0.4 is 14.8 Å². The fourth-order valence-electron chi connectivity index (χ4n) is 3.04. The number of nitrogens with zero attached hydrogens (tertiary/aromatic N) is 2. The molecule has 148 valence electrons. The second-order valence-electron chi connectivity index (χ2n) is 6.28. The van der Waals surface area contributed by atoms with Gasteiger partial charge in [0.2, 0.25) is 5.91 Å². The van der Waals surface area contributed by atoms with Gasteiger partial charge in [-0.25, -0.2) is 4.98 Å². The zero-order valence-electron chi connectivity index (χ0n) is 15.6. The summed E-state index contributed by atoms with van der Waals surface area (Å²) in [5.41, 5.74) is 0.494. The maximum absolute atomic E-state index is 12.6. The van der Waals surface area contributed by atoms with Crippen molar-refractivity contribution in [3.8, 4) is 11.5 Å². The van der Waals surface area contributed by atoms with E-state index in [1.54, 1.807) is 29.8 Å². The number of benzene rings is 1. The molecule has 1 atom stereocenters. The van der Waals surface area contributed by atoms with E-state index in [-0.39, 0.29) is 24.2 Å². The first-order chi connectivity index (χ1) is 13.5. The molecule has 9 heteroatoms. The van der Waals surface area contributed by atoms with Crippen LogP contribution >= 0.6 is 11.3 Å². The zero-order chi connectivity index (χ0) is 20.1. The number of amides is 2. The van der Waals surface area contributed by atoms with Gasteiger partial charge in [0, 0.05) is 23.7 Å². The third-order valence-corrected chi connectivity index (χ3v) is 5.15. The van der Waals surface area contributed by atoms with E-state index >= 15 is 0 Å². The fraction of sp³-hybridized carbons (Fsp3) is 0.368. The Balaban J connectivity index is 1.62. The average Bonchev–Trinajstić information content (AvgIpc) is 3.37. The molecule has 2 heterocycles. The molecule has 3 rings (SSSR count). The summed E-state index contributed by atoms with van der Waals surface area (Å²) in [7, 11) is 1.47. The number of hydrogen-bond acceptors (Lipinski definition) is 7. The molecule has 0 radical (unpaired) electrons. The first kappa shape index (κ1) is 19.8. The molecule has 1 aromatic heterocycles. The van der Waals surface area contributed by atoms with Crippen LogP contribution in [0.5, 0.6) is 11.5 Å². The number of rotatable bonds is 7. The minimum Gasteiger partial charge on any atom is -0.493 e. The highest BCUT2D eigenvalue weighted by atomic mass is 32.1. The van der Waals surface area contributed by atoms with Crippen LogP contribution in [0.4, 0.5) is 5.13 Å². The maximum atomic E-state index is 12.6. The Morgan fingerprint density at radius 3 is 2.82 bits per heavy atom.